The molecule has 0 saturated carbocycles. The van der Waals surface area contributed by atoms with E-state index in [1.165, 1.54) is 0 Å². The van der Waals surface area contributed by atoms with Gasteiger partial charge in [-0.3, -0.25) is 9.78 Å². The maximum absolute atomic E-state index is 12.2. The van der Waals surface area contributed by atoms with Crippen molar-refractivity contribution in [2.75, 3.05) is 7.11 Å². The van der Waals surface area contributed by atoms with Gasteiger partial charge in [0.15, 0.2) is 0 Å². The molecule has 118 valence electrons. The summed E-state index contributed by atoms with van der Waals surface area (Å²) < 4.78 is 5.23. The first-order chi connectivity index (χ1) is 11.7. The molecule has 0 unspecified atom stereocenters. The molecule has 3 heterocycles. The molecule has 0 amide bonds. The van der Waals surface area contributed by atoms with E-state index in [9.17, 15) is 4.79 Å². The SMILES string of the molecule is COc1ccc2cc(-c3cc(-c4ccncc4)n[nH]c3=O)[nH]c2c1. The van der Waals surface area contributed by atoms with Crippen LogP contribution in [0.25, 0.3) is 33.4 Å². The quantitative estimate of drug-likeness (QED) is 0.608. The van der Waals surface area contributed by atoms with Gasteiger partial charge in [0.2, 0.25) is 0 Å². The normalized spacial score (nSPS) is 10.9. The molecule has 4 aromatic rings. The van der Waals surface area contributed by atoms with Crippen LogP contribution in [-0.2, 0) is 0 Å². The molecule has 24 heavy (non-hydrogen) atoms. The second-order valence-electron chi connectivity index (χ2n) is 5.37. The summed E-state index contributed by atoms with van der Waals surface area (Å²) in [7, 11) is 1.62. The van der Waals surface area contributed by atoms with E-state index in [1.807, 2.05) is 36.4 Å². The van der Waals surface area contributed by atoms with Crippen LogP contribution in [0.1, 0.15) is 0 Å². The van der Waals surface area contributed by atoms with Crippen LogP contribution >= 0.6 is 0 Å². The molecule has 2 N–H and O–H groups in total. The predicted octanol–water partition coefficient (Wildman–Crippen LogP) is 2.99. The van der Waals surface area contributed by atoms with Crippen LogP contribution in [0.5, 0.6) is 5.75 Å². The van der Waals surface area contributed by atoms with E-state index in [0.29, 0.717) is 11.3 Å². The largest absolute Gasteiger partial charge is 0.497 e. The Kier molecular flexibility index (Phi) is 3.35. The van der Waals surface area contributed by atoms with E-state index in [4.69, 9.17) is 4.74 Å². The highest BCUT2D eigenvalue weighted by atomic mass is 16.5. The molecular weight excluding hydrogens is 304 g/mol. The average molecular weight is 318 g/mol. The number of aromatic amines is 2. The number of nitrogens with one attached hydrogen (secondary N) is 2. The third-order valence-corrected chi connectivity index (χ3v) is 3.90. The van der Waals surface area contributed by atoms with Gasteiger partial charge in [-0.2, -0.15) is 5.10 Å². The van der Waals surface area contributed by atoms with Gasteiger partial charge in [-0.25, -0.2) is 5.10 Å². The van der Waals surface area contributed by atoms with Crippen LogP contribution in [-0.4, -0.2) is 27.3 Å². The Morgan fingerprint density at radius 1 is 1.04 bits per heavy atom. The first kappa shape index (κ1) is 14.2. The van der Waals surface area contributed by atoms with Crippen LogP contribution in [0.2, 0.25) is 0 Å². The topological polar surface area (TPSA) is 83.7 Å². The molecule has 3 aromatic heterocycles. The van der Waals surface area contributed by atoms with Crippen molar-refractivity contribution in [2.45, 2.75) is 0 Å². The number of methoxy groups -OCH3 is 1. The Bertz CT molecular complexity index is 1070. The van der Waals surface area contributed by atoms with Gasteiger partial charge < -0.3 is 9.72 Å². The number of hydrogen-bond donors (Lipinski definition) is 2. The zero-order valence-corrected chi connectivity index (χ0v) is 12.9. The number of ether oxygens (including phenoxy) is 1. The van der Waals surface area contributed by atoms with Crippen molar-refractivity contribution in [2.24, 2.45) is 0 Å². The molecule has 0 atom stereocenters. The molecule has 0 aliphatic carbocycles. The monoisotopic (exact) mass is 318 g/mol. The Morgan fingerprint density at radius 3 is 2.67 bits per heavy atom. The van der Waals surface area contributed by atoms with Crippen molar-refractivity contribution in [1.82, 2.24) is 20.2 Å². The van der Waals surface area contributed by atoms with Crippen molar-refractivity contribution in [3.05, 3.63) is 65.2 Å². The molecule has 0 saturated heterocycles. The number of nitrogens with zero attached hydrogens (tertiary/aromatic N) is 2. The summed E-state index contributed by atoms with van der Waals surface area (Å²) in [6.07, 6.45) is 3.38. The fourth-order valence-electron chi connectivity index (χ4n) is 2.65. The van der Waals surface area contributed by atoms with Gasteiger partial charge in [-0.05, 0) is 36.4 Å². The van der Waals surface area contributed by atoms with Crippen LogP contribution in [0.3, 0.4) is 0 Å². The lowest BCUT2D eigenvalue weighted by Crippen LogP contribution is -2.11. The van der Waals surface area contributed by atoms with Gasteiger partial charge >= 0.3 is 0 Å². The fourth-order valence-corrected chi connectivity index (χ4v) is 2.65. The van der Waals surface area contributed by atoms with E-state index in [0.717, 1.165) is 27.9 Å². The summed E-state index contributed by atoms with van der Waals surface area (Å²) in [5.74, 6) is 0.761. The molecule has 0 radical (unpaired) electrons. The minimum absolute atomic E-state index is 0.244. The molecule has 0 aliphatic heterocycles. The lowest BCUT2D eigenvalue weighted by Gasteiger charge is -2.02. The molecule has 0 bridgehead atoms. The number of hydrogen-bond acceptors (Lipinski definition) is 4. The average Bonchev–Trinajstić information content (AvgIpc) is 3.05. The second kappa shape index (κ2) is 5.66. The summed E-state index contributed by atoms with van der Waals surface area (Å²) in [5.41, 5.74) is 3.50. The highest BCUT2D eigenvalue weighted by molar-refractivity contribution is 5.87. The number of rotatable bonds is 3. The summed E-state index contributed by atoms with van der Waals surface area (Å²) in [6, 6.07) is 13.2. The summed E-state index contributed by atoms with van der Waals surface area (Å²) >= 11 is 0. The first-order valence-electron chi connectivity index (χ1n) is 7.42. The Hall–Kier alpha value is -3.41. The standard InChI is InChI=1S/C18H14N4O2/c1-24-13-3-2-12-8-17(20-15(12)9-13)14-10-16(21-22-18(14)23)11-4-6-19-7-5-11/h2-10,20H,1H3,(H,22,23). The summed E-state index contributed by atoms with van der Waals surface area (Å²) in [5, 5.41) is 7.69. The van der Waals surface area contributed by atoms with E-state index in [1.54, 1.807) is 25.6 Å². The van der Waals surface area contributed by atoms with Gasteiger partial charge in [0.05, 0.1) is 24.1 Å². The third-order valence-electron chi connectivity index (χ3n) is 3.90. The zero-order chi connectivity index (χ0) is 16.5. The Balaban J connectivity index is 1.85. The van der Waals surface area contributed by atoms with E-state index < -0.39 is 0 Å². The van der Waals surface area contributed by atoms with Crippen LogP contribution < -0.4 is 10.3 Å². The molecule has 0 fully saturated rings. The molecule has 0 aliphatic rings. The van der Waals surface area contributed by atoms with Crippen molar-refractivity contribution >= 4 is 10.9 Å². The van der Waals surface area contributed by atoms with Crippen molar-refractivity contribution in [3.63, 3.8) is 0 Å². The summed E-state index contributed by atoms with van der Waals surface area (Å²) in [4.78, 5) is 19.5. The third kappa shape index (κ3) is 2.44. The highest BCUT2D eigenvalue weighted by Gasteiger charge is 2.11. The maximum atomic E-state index is 12.2. The molecule has 6 nitrogen and oxygen atoms in total. The van der Waals surface area contributed by atoms with Gasteiger partial charge in [0.25, 0.3) is 5.56 Å². The fraction of sp³-hybridized carbons (Fsp3) is 0.0556. The number of aromatic nitrogens is 4. The van der Waals surface area contributed by atoms with Crippen LogP contribution in [0, 0.1) is 0 Å². The van der Waals surface area contributed by atoms with Gasteiger partial charge in [0.1, 0.15) is 5.75 Å². The van der Waals surface area contributed by atoms with Gasteiger partial charge in [-0.1, -0.05) is 0 Å². The van der Waals surface area contributed by atoms with E-state index in [2.05, 4.69) is 20.2 Å². The van der Waals surface area contributed by atoms with Crippen molar-refractivity contribution in [1.29, 1.82) is 0 Å². The van der Waals surface area contributed by atoms with Crippen molar-refractivity contribution < 1.29 is 4.74 Å². The molecule has 6 heteroatoms. The second-order valence-corrected chi connectivity index (χ2v) is 5.37. The minimum atomic E-state index is -0.244. The lowest BCUT2D eigenvalue weighted by molar-refractivity contribution is 0.415. The highest BCUT2D eigenvalue weighted by Crippen LogP contribution is 2.26. The smallest absolute Gasteiger partial charge is 0.273 e. The number of fused-ring (bicyclic) bond motifs is 1. The zero-order valence-electron chi connectivity index (χ0n) is 12.9. The number of benzene rings is 1. The summed E-state index contributed by atoms with van der Waals surface area (Å²) in [6.45, 7) is 0. The van der Waals surface area contributed by atoms with E-state index in [-0.39, 0.29) is 5.56 Å². The lowest BCUT2D eigenvalue weighted by atomic mass is 10.1. The number of H-pyrrole nitrogens is 2. The Morgan fingerprint density at radius 2 is 1.88 bits per heavy atom. The van der Waals surface area contributed by atoms with E-state index >= 15 is 0 Å². The van der Waals surface area contributed by atoms with Gasteiger partial charge in [-0.15, -0.1) is 0 Å². The number of pyridine rings is 1. The molecular formula is C18H14N4O2. The predicted molar refractivity (Wildman–Crippen MR) is 91.9 cm³/mol. The van der Waals surface area contributed by atoms with Crippen LogP contribution in [0.4, 0.5) is 0 Å². The molecule has 0 spiro atoms. The minimum Gasteiger partial charge on any atom is -0.497 e. The molecule has 1 aromatic carbocycles. The molecule has 4 rings (SSSR count). The van der Waals surface area contributed by atoms with Gasteiger partial charge in [0, 0.05) is 34.9 Å². The van der Waals surface area contributed by atoms with Crippen LogP contribution in [0.15, 0.2) is 59.7 Å². The Labute approximate surface area is 137 Å². The first-order valence-corrected chi connectivity index (χ1v) is 7.42. The maximum Gasteiger partial charge on any atom is 0.273 e. The van der Waals surface area contributed by atoms with Crippen molar-refractivity contribution in [3.8, 4) is 28.3 Å².